The Labute approximate surface area is 125 Å². The van der Waals surface area contributed by atoms with Crippen LogP contribution in [0, 0.1) is 0 Å². The third-order valence-corrected chi connectivity index (χ3v) is 4.42. The van der Waals surface area contributed by atoms with Crippen LogP contribution in [0.15, 0.2) is 35.7 Å². The molecule has 108 valence electrons. The molecular formula is C16H23N3S. The Morgan fingerprint density at radius 3 is 2.65 bits per heavy atom. The fourth-order valence-electron chi connectivity index (χ4n) is 1.99. The van der Waals surface area contributed by atoms with Crippen LogP contribution in [0.25, 0.3) is 0 Å². The van der Waals surface area contributed by atoms with Gasteiger partial charge in [0.1, 0.15) is 5.82 Å². The van der Waals surface area contributed by atoms with Crippen molar-refractivity contribution in [1.29, 1.82) is 0 Å². The van der Waals surface area contributed by atoms with E-state index in [4.69, 9.17) is 4.98 Å². The van der Waals surface area contributed by atoms with Gasteiger partial charge >= 0.3 is 0 Å². The summed E-state index contributed by atoms with van der Waals surface area (Å²) in [6.45, 7) is 7.32. The summed E-state index contributed by atoms with van der Waals surface area (Å²) in [5.41, 5.74) is 1.08. The smallest absolute Gasteiger partial charge is 0.129 e. The Kier molecular flexibility index (Phi) is 5.15. The van der Waals surface area contributed by atoms with Gasteiger partial charge < -0.3 is 10.2 Å². The standard InChI is InChI=1S/C16H23N3S/c1-12(2)17-11-14-7-5-9-16(18-14)19(4)13(3)15-8-6-10-20-15/h5-10,12-13,17H,11H2,1-4H3. The Hall–Kier alpha value is -1.39. The number of rotatable bonds is 6. The van der Waals surface area contributed by atoms with Crippen molar-refractivity contribution in [3.05, 3.63) is 46.3 Å². The topological polar surface area (TPSA) is 28.2 Å². The number of nitrogens with one attached hydrogen (secondary N) is 1. The van der Waals surface area contributed by atoms with Gasteiger partial charge in [-0.05, 0) is 30.5 Å². The van der Waals surface area contributed by atoms with E-state index in [1.165, 1.54) is 4.88 Å². The average molecular weight is 289 g/mol. The fourth-order valence-corrected chi connectivity index (χ4v) is 2.82. The highest BCUT2D eigenvalue weighted by Gasteiger charge is 2.14. The molecule has 3 nitrogen and oxygen atoms in total. The van der Waals surface area contributed by atoms with Crippen molar-refractivity contribution >= 4 is 17.2 Å². The molecule has 1 atom stereocenters. The van der Waals surface area contributed by atoms with Crippen molar-refractivity contribution in [2.75, 3.05) is 11.9 Å². The zero-order chi connectivity index (χ0) is 14.5. The van der Waals surface area contributed by atoms with E-state index in [-0.39, 0.29) is 0 Å². The molecule has 0 fully saturated rings. The number of pyridine rings is 1. The molecule has 1 N–H and O–H groups in total. The van der Waals surface area contributed by atoms with Crippen molar-refractivity contribution in [3.63, 3.8) is 0 Å². The predicted octanol–water partition coefficient (Wildman–Crippen LogP) is 3.84. The van der Waals surface area contributed by atoms with Gasteiger partial charge in [0.25, 0.3) is 0 Å². The summed E-state index contributed by atoms with van der Waals surface area (Å²) in [7, 11) is 2.10. The van der Waals surface area contributed by atoms with E-state index in [1.807, 2.05) is 0 Å². The molecule has 0 bridgehead atoms. The van der Waals surface area contributed by atoms with Gasteiger partial charge in [0.2, 0.25) is 0 Å². The van der Waals surface area contributed by atoms with Crippen molar-refractivity contribution < 1.29 is 0 Å². The largest absolute Gasteiger partial charge is 0.352 e. The van der Waals surface area contributed by atoms with Gasteiger partial charge in [-0.15, -0.1) is 11.3 Å². The maximum absolute atomic E-state index is 4.74. The van der Waals surface area contributed by atoms with E-state index in [0.29, 0.717) is 12.1 Å². The molecule has 0 aromatic carbocycles. The summed E-state index contributed by atoms with van der Waals surface area (Å²) in [6, 6.07) is 11.3. The first-order valence-electron chi connectivity index (χ1n) is 7.03. The average Bonchev–Trinajstić information content (AvgIpc) is 2.98. The van der Waals surface area contributed by atoms with Crippen LogP contribution in [0.5, 0.6) is 0 Å². The third kappa shape index (κ3) is 3.81. The minimum absolute atomic E-state index is 0.343. The highest BCUT2D eigenvalue weighted by Crippen LogP contribution is 2.26. The molecule has 0 spiro atoms. The highest BCUT2D eigenvalue weighted by molar-refractivity contribution is 7.10. The normalized spacial score (nSPS) is 12.7. The van der Waals surface area contributed by atoms with Gasteiger partial charge in [-0.1, -0.05) is 26.0 Å². The lowest BCUT2D eigenvalue weighted by Crippen LogP contribution is -2.24. The van der Waals surface area contributed by atoms with Crippen LogP contribution in [0.3, 0.4) is 0 Å². The number of anilines is 1. The molecule has 0 aliphatic carbocycles. The Morgan fingerprint density at radius 1 is 1.20 bits per heavy atom. The van der Waals surface area contributed by atoms with E-state index in [9.17, 15) is 0 Å². The van der Waals surface area contributed by atoms with Crippen LogP contribution in [0.4, 0.5) is 5.82 Å². The van der Waals surface area contributed by atoms with Gasteiger partial charge in [0.05, 0.1) is 11.7 Å². The van der Waals surface area contributed by atoms with Crippen LogP contribution >= 0.6 is 11.3 Å². The van der Waals surface area contributed by atoms with Gasteiger partial charge in [0, 0.05) is 24.5 Å². The number of hydrogen-bond donors (Lipinski definition) is 1. The van der Waals surface area contributed by atoms with Crippen molar-refractivity contribution in [1.82, 2.24) is 10.3 Å². The van der Waals surface area contributed by atoms with Crippen LogP contribution < -0.4 is 10.2 Å². The minimum Gasteiger partial charge on any atom is -0.352 e. The number of nitrogens with zero attached hydrogens (tertiary/aromatic N) is 2. The first kappa shape index (κ1) is 15.0. The molecule has 4 heteroatoms. The summed E-state index contributed by atoms with van der Waals surface area (Å²) < 4.78 is 0. The molecular weight excluding hydrogens is 266 g/mol. The second kappa shape index (κ2) is 6.86. The Morgan fingerprint density at radius 2 is 2.00 bits per heavy atom. The molecule has 2 aromatic rings. The maximum atomic E-state index is 4.74. The lowest BCUT2D eigenvalue weighted by Gasteiger charge is -2.25. The molecule has 2 heterocycles. The molecule has 2 aromatic heterocycles. The van der Waals surface area contributed by atoms with Gasteiger partial charge in [-0.3, -0.25) is 0 Å². The van der Waals surface area contributed by atoms with Crippen LogP contribution in [0.2, 0.25) is 0 Å². The molecule has 1 unspecified atom stereocenters. The minimum atomic E-state index is 0.343. The monoisotopic (exact) mass is 289 g/mol. The van der Waals surface area contributed by atoms with E-state index >= 15 is 0 Å². The zero-order valence-electron chi connectivity index (χ0n) is 12.6. The fraction of sp³-hybridized carbons (Fsp3) is 0.438. The molecule has 0 radical (unpaired) electrons. The second-order valence-corrected chi connectivity index (χ2v) is 6.30. The predicted molar refractivity (Wildman–Crippen MR) is 87.3 cm³/mol. The molecule has 0 saturated carbocycles. The van der Waals surface area contributed by atoms with E-state index in [1.54, 1.807) is 11.3 Å². The maximum Gasteiger partial charge on any atom is 0.129 e. The summed E-state index contributed by atoms with van der Waals surface area (Å²) in [6.07, 6.45) is 0. The number of hydrogen-bond acceptors (Lipinski definition) is 4. The lowest BCUT2D eigenvalue weighted by atomic mass is 10.2. The van der Waals surface area contributed by atoms with Crippen molar-refractivity contribution in [3.8, 4) is 0 Å². The Balaban J connectivity index is 2.09. The lowest BCUT2D eigenvalue weighted by molar-refractivity contribution is 0.580. The molecule has 0 amide bonds. The van der Waals surface area contributed by atoms with Gasteiger partial charge in [-0.2, -0.15) is 0 Å². The first-order valence-corrected chi connectivity index (χ1v) is 7.91. The highest BCUT2D eigenvalue weighted by atomic mass is 32.1. The summed E-state index contributed by atoms with van der Waals surface area (Å²) in [4.78, 5) is 8.33. The quantitative estimate of drug-likeness (QED) is 0.876. The van der Waals surface area contributed by atoms with Crippen LogP contribution in [0.1, 0.15) is 37.4 Å². The molecule has 2 rings (SSSR count). The summed E-state index contributed by atoms with van der Waals surface area (Å²) in [5, 5.41) is 5.53. The van der Waals surface area contributed by atoms with E-state index < -0.39 is 0 Å². The third-order valence-electron chi connectivity index (χ3n) is 3.38. The Bertz CT molecular complexity index is 522. The molecule has 0 aliphatic rings. The molecule has 20 heavy (non-hydrogen) atoms. The SMILES string of the molecule is CC(C)NCc1cccc(N(C)C(C)c2cccs2)n1. The summed E-state index contributed by atoms with van der Waals surface area (Å²) >= 11 is 1.79. The molecule has 0 aliphatic heterocycles. The van der Waals surface area contributed by atoms with Crippen molar-refractivity contribution in [2.45, 2.75) is 39.4 Å². The molecule has 0 saturated heterocycles. The van der Waals surface area contributed by atoms with Gasteiger partial charge in [-0.25, -0.2) is 4.98 Å². The number of aromatic nitrogens is 1. The van der Waals surface area contributed by atoms with E-state index in [0.717, 1.165) is 18.1 Å². The summed E-state index contributed by atoms with van der Waals surface area (Å²) in [5.74, 6) is 1.02. The number of thiophene rings is 1. The van der Waals surface area contributed by atoms with Crippen LogP contribution in [-0.2, 0) is 6.54 Å². The first-order chi connectivity index (χ1) is 9.58. The van der Waals surface area contributed by atoms with E-state index in [2.05, 4.69) is 73.7 Å². The van der Waals surface area contributed by atoms with Gasteiger partial charge in [0.15, 0.2) is 0 Å². The second-order valence-electron chi connectivity index (χ2n) is 5.33. The zero-order valence-corrected chi connectivity index (χ0v) is 13.4. The van der Waals surface area contributed by atoms with Crippen molar-refractivity contribution in [2.24, 2.45) is 0 Å². The van der Waals surface area contributed by atoms with Crippen LogP contribution in [-0.4, -0.2) is 18.1 Å².